The zero-order valence-electron chi connectivity index (χ0n) is 2.96. The van der Waals surface area contributed by atoms with Crippen molar-refractivity contribution in [1.29, 1.82) is 0 Å². The van der Waals surface area contributed by atoms with E-state index in [-0.39, 0.29) is 0 Å². The topological polar surface area (TPSA) is 17.1 Å². The minimum atomic E-state index is 0.346. The van der Waals surface area contributed by atoms with Crippen LogP contribution >= 0.6 is 25.3 Å². The van der Waals surface area contributed by atoms with E-state index in [0.717, 1.165) is 0 Å². The Morgan fingerprint density at radius 2 is 2.17 bits per heavy atom. The number of thiol groups is 2. The van der Waals surface area contributed by atoms with Crippen molar-refractivity contribution in [3.63, 3.8) is 0 Å². The monoisotopic (exact) mass is 120 g/mol. The van der Waals surface area contributed by atoms with Gasteiger partial charge in [0.25, 0.3) is 0 Å². The third kappa shape index (κ3) is 2.35. The second-order valence-electron chi connectivity index (χ2n) is 0.672. The molecule has 0 aliphatic rings. The van der Waals surface area contributed by atoms with Crippen LogP contribution in [0.5, 0.6) is 0 Å². The van der Waals surface area contributed by atoms with Crippen molar-refractivity contribution in [2.45, 2.75) is 0 Å². The summed E-state index contributed by atoms with van der Waals surface area (Å²) in [5.41, 5.74) is 0. The number of hydrogen-bond donors (Lipinski definition) is 2. The first-order valence-corrected chi connectivity index (χ1v) is 2.26. The molecule has 0 aromatic carbocycles. The number of rotatable bonds is 1. The van der Waals surface area contributed by atoms with Gasteiger partial charge in [0, 0.05) is 0 Å². The average molecular weight is 120 g/mol. The lowest BCUT2D eigenvalue weighted by atomic mass is 10.7. The molecule has 6 heavy (non-hydrogen) atoms. The molecule has 1 nitrogen and oxygen atoms in total. The van der Waals surface area contributed by atoms with E-state index in [1.807, 2.05) is 0 Å². The molecule has 3 heteroatoms. The van der Waals surface area contributed by atoms with E-state index in [0.29, 0.717) is 11.2 Å². The Kier molecular flexibility index (Phi) is 3.37. The fourth-order valence-electron chi connectivity index (χ4n) is 0.0304. The van der Waals surface area contributed by atoms with Crippen LogP contribution in [-0.4, -0.2) is 6.29 Å². The maximum atomic E-state index is 9.54. The number of carbonyl (C=O) groups excluding carboxylic acids is 1. The first-order chi connectivity index (χ1) is 2.81. The SMILES string of the molecule is O=C/C(S)=C/S. The predicted molar refractivity (Wildman–Crippen MR) is 32.1 cm³/mol. The maximum Gasteiger partial charge on any atom is 0.156 e. The quantitative estimate of drug-likeness (QED) is 0.298. The molecule has 0 N–H and O–H groups in total. The third-order valence-corrected chi connectivity index (χ3v) is 0.969. The van der Waals surface area contributed by atoms with Gasteiger partial charge >= 0.3 is 0 Å². The summed E-state index contributed by atoms with van der Waals surface area (Å²) in [5.74, 6) is 0. The lowest BCUT2D eigenvalue weighted by molar-refractivity contribution is -0.104. The highest BCUT2D eigenvalue weighted by Gasteiger charge is 1.74. The van der Waals surface area contributed by atoms with E-state index in [9.17, 15) is 4.79 Å². The number of aldehydes is 1. The van der Waals surface area contributed by atoms with Gasteiger partial charge in [-0.2, -0.15) is 12.6 Å². The molecule has 0 aliphatic heterocycles. The molecule has 0 fully saturated rings. The van der Waals surface area contributed by atoms with Gasteiger partial charge in [-0.15, -0.1) is 12.6 Å². The van der Waals surface area contributed by atoms with Crippen LogP contribution in [-0.2, 0) is 4.79 Å². The minimum absolute atomic E-state index is 0.346. The first kappa shape index (κ1) is 6.11. The highest BCUT2D eigenvalue weighted by molar-refractivity contribution is 7.88. The highest BCUT2D eigenvalue weighted by atomic mass is 32.1. The Morgan fingerprint density at radius 3 is 2.17 bits per heavy atom. The second kappa shape index (κ2) is 3.31. The van der Waals surface area contributed by atoms with Gasteiger partial charge in [0.2, 0.25) is 0 Å². The van der Waals surface area contributed by atoms with Crippen molar-refractivity contribution in [2.24, 2.45) is 0 Å². The summed E-state index contributed by atoms with van der Waals surface area (Å²) in [6.07, 6.45) is 0.621. The van der Waals surface area contributed by atoms with Gasteiger partial charge < -0.3 is 0 Å². The van der Waals surface area contributed by atoms with E-state index in [1.54, 1.807) is 0 Å². The Bertz CT molecular complexity index is 76.9. The standard InChI is InChI=1S/C3H4OS2/c4-1-3(6)2-5/h1-2,5-6H/b3-2-. The largest absolute Gasteiger partial charge is 0.297 e. The third-order valence-electron chi connectivity index (χ3n) is 0.253. The van der Waals surface area contributed by atoms with Gasteiger partial charge in [-0.25, -0.2) is 0 Å². The van der Waals surface area contributed by atoms with Crippen molar-refractivity contribution in [1.82, 2.24) is 0 Å². The smallest absolute Gasteiger partial charge is 0.156 e. The molecule has 0 aliphatic carbocycles. The van der Waals surface area contributed by atoms with Gasteiger partial charge in [-0.1, -0.05) is 0 Å². The number of carbonyl (C=O) groups is 1. The van der Waals surface area contributed by atoms with Crippen LogP contribution in [0.3, 0.4) is 0 Å². The highest BCUT2D eigenvalue weighted by Crippen LogP contribution is 1.94. The molecule has 0 bridgehead atoms. The number of hydrogen-bond acceptors (Lipinski definition) is 3. The lowest BCUT2D eigenvalue weighted by Gasteiger charge is -1.71. The molecular formula is C3H4OS2. The summed E-state index contributed by atoms with van der Waals surface area (Å²) >= 11 is 7.27. The molecular weight excluding hydrogens is 116 g/mol. The summed E-state index contributed by atoms with van der Waals surface area (Å²) in [6.45, 7) is 0. The van der Waals surface area contributed by atoms with Crippen molar-refractivity contribution >= 4 is 31.5 Å². The van der Waals surface area contributed by atoms with Crippen molar-refractivity contribution in [3.05, 3.63) is 10.3 Å². The second-order valence-corrected chi connectivity index (χ2v) is 1.45. The van der Waals surface area contributed by atoms with E-state index in [4.69, 9.17) is 0 Å². The molecule has 0 radical (unpaired) electrons. The zero-order chi connectivity index (χ0) is 4.99. The van der Waals surface area contributed by atoms with Crippen molar-refractivity contribution in [3.8, 4) is 0 Å². The van der Waals surface area contributed by atoms with Crippen LogP contribution < -0.4 is 0 Å². The molecule has 0 unspecified atom stereocenters. The summed E-state index contributed by atoms with van der Waals surface area (Å²) in [5, 5.41) is 1.33. The fraction of sp³-hybridized carbons (Fsp3) is 0. The van der Waals surface area contributed by atoms with Gasteiger partial charge in [0.1, 0.15) is 0 Å². The van der Waals surface area contributed by atoms with Gasteiger partial charge in [0.05, 0.1) is 4.91 Å². The molecule has 0 amide bonds. The lowest BCUT2D eigenvalue weighted by Crippen LogP contribution is -1.63. The van der Waals surface area contributed by atoms with Crippen molar-refractivity contribution in [2.75, 3.05) is 0 Å². The van der Waals surface area contributed by atoms with Crippen LogP contribution in [0.4, 0.5) is 0 Å². The van der Waals surface area contributed by atoms with E-state index >= 15 is 0 Å². The van der Waals surface area contributed by atoms with E-state index < -0.39 is 0 Å². The molecule has 0 spiro atoms. The zero-order valence-corrected chi connectivity index (χ0v) is 4.75. The van der Waals surface area contributed by atoms with Gasteiger partial charge in [-0.3, -0.25) is 4.79 Å². The van der Waals surface area contributed by atoms with Crippen LogP contribution in [0.15, 0.2) is 10.3 Å². The molecule has 0 aromatic heterocycles. The summed E-state index contributed by atoms with van der Waals surface area (Å²) < 4.78 is 0. The molecule has 0 atom stereocenters. The Labute approximate surface area is 47.3 Å². The Hall–Kier alpha value is 0.110. The average Bonchev–Trinajstić information content (AvgIpc) is 1.65. The van der Waals surface area contributed by atoms with Crippen LogP contribution in [0.1, 0.15) is 0 Å². The molecule has 0 heterocycles. The summed E-state index contributed by atoms with van der Waals surface area (Å²) in [6, 6.07) is 0. The molecule has 34 valence electrons. The van der Waals surface area contributed by atoms with Crippen molar-refractivity contribution < 1.29 is 4.79 Å². The maximum absolute atomic E-state index is 9.54. The van der Waals surface area contributed by atoms with Gasteiger partial charge in [0.15, 0.2) is 6.29 Å². The van der Waals surface area contributed by atoms with E-state index in [1.165, 1.54) is 5.41 Å². The number of allylic oxidation sites excluding steroid dienone is 1. The molecule has 0 saturated heterocycles. The molecule has 0 aromatic rings. The van der Waals surface area contributed by atoms with Crippen LogP contribution in [0, 0.1) is 0 Å². The summed E-state index contributed by atoms with van der Waals surface area (Å²) in [7, 11) is 0. The van der Waals surface area contributed by atoms with Gasteiger partial charge in [-0.05, 0) is 5.41 Å². The van der Waals surface area contributed by atoms with E-state index in [2.05, 4.69) is 25.3 Å². The Balaban J connectivity index is 3.50. The predicted octanol–water partition coefficient (Wildman–Crippen LogP) is 0.886. The van der Waals surface area contributed by atoms with Crippen LogP contribution in [0.2, 0.25) is 0 Å². The Morgan fingerprint density at radius 1 is 1.67 bits per heavy atom. The molecule has 0 saturated carbocycles. The summed E-state index contributed by atoms with van der Waals surface area (Å²) in [4.78, 5) is 9.89. The normalized spacial score (nSPS) is 11.3. The van der Waals surface area contributed by atoms with Crippen LogP contribution in [0.25, 0.3) is 0 Å². The minimum Gasteiger partial charge on any atom is -0.297 e. The molecule has 0 rings (SSSR count). The first-order valence-electron chi connectivity index (χ1n) is 1.29. The fourth-order valence-corrected chi connectivity index (χ4v) is 0.0913.